The van der Waals surface area contributed by atoms with Gasteiger partial charge >= 0.3 is 0 Å². The molecule has 0 bridgehead atoms. The highest BCUT2D eigenvalue weighted by molar-refractivity contribution is 6.31. The van der Waals surface area contributed by atoms with Crippen LogP contribution in [0.25, 0.3) is 0 Å². The monoisotopic (exact) mass is 462 g/mol. The number of hydrogen-bond donors (Lipinski definition) is 0. The van der Waals surface area contributed by atoms with Gasteiger partial charge in [0, 0.05) is 5.02 Å². The molecule has 5 rings (SSSR count). The highest BCUT2D eigenvalue weighted by Gasteiger charge is 2.60. The molecule has 0 unspecified atom stereocenters. The number of benzene rings is 3. The zero-order chi connectivity index (χ0) is 22.9. The molecule has 2 amide bonds. The number of para-hydroxylation sites is 1. The summed E-state index contributed by atoms with van der Waals surface area (Å²) in [6.45, 7) is 2.64. The Morgan fingerprint density at radius 3 is 2.27 bits per heavy atom. The van der Waals surface area contributed by atoms with Gasteiger partial charge in [-0.1, -0.05) is 54.9 Å². The molecule has 3 atom stereocenters. The van der Waals surface area contributed by atoms with Crippen molar-refractivity contribution in [3.05, 3.63) is 89.4 Å². The van der Waals surface area contributed by atoms with Crippen molar-refractivity contribution in [3.8, 4) is 5.75 Å². The highest BCUT2D eigenvalue weighted by atomic mass is 35.5. The van der Waals surface area contributed by atoms with Gasteiger partial charge in [-0.05, 0) is 54.4 Å². The zero-order valence-electron chi connectivity index (χ0n) is 18.1. The van der Waals surface area contributed by atoms with Gasteiger partial charge in [0.2, 0.25) is 5.91 Å². The number of nitrogens with zero attached hydrogens (tertiary/aromatic N) is 2. The van der Waals surface area contributed by atoms with Gasteiger partial charge in [0.05, 0.1) is 24.0 Å². The minimum atomic E-state index is -0.935. The molecule has 0 aromatic heterocycles. The van der Waals surface area contributed by atoms with Gasteiger partial charge in [-0.3, -0.25) is 14.4 Å². The first-order valence-corrected chi connectivity index (χ1v) is 11.3. The number of imide groups is 1. The van der Waals surface area contributed by atoms with E-state index in [9.17, 15) is 9.59 Å². The van der Waals surface area contributed by atoms with Crippen molar-refractivity contribution in [2.24, 2.45) is 5.92 Å². The van der Waals surface area contributed by atoms with Crippen LogP contribution in [0.3, 0.4) is 0 Å². The third-order valence-corrected chi connectivity index (χ3v) is 6.26. The molecule has 2 heterocycles. The SMILES string of the molecule is CCCOc1ccc(N2C(=O)[C@@H]3[C@H](ON(c4ccccc4)[C@H]3c3ccccc3Cl)C2=O)cc1. The van der Waals surface area contributed by atoms with Crippen LogP contribution >= 0.6 is 11.6 Å². The van der Waals surface area contributed by atoms with E-state index in [1.54, 1.807) is 35.4 Å². The first-order chi connectivity index (χ1) is 16.1. The molecule has 3 aromatic rings. The maximum Gasteiger partial charge on any atom is 0.266 e. The van der Waals surface area contributed by atoms with Crippen molar-refractivity contribution < 1.29 is 19.2 Å². The summed E-state index contributed by atoms with van der Waals surface area (Å²) < 4.78 is 5.62. The first-order valence-electron chi connectivity index (χ1n) is 11.0. The summed E-state index contributed by atoms with van der Waals surface area (Å²) in [6, 6.07) is 23.2. The molecular formula is C26H23ClN2O4. The summed E-state index contributed by atoms with van der Waals surface area (Å²) >= 11 is 6.54. The molecule has 0 saturated carbocycles. The van der Waals surface area contributed by atoms with E-state index < -0.39 is 18.1 Å². The Balaban J connectivity index is 1.51. The molecular weight excluding hydrogens is 440 g/mol. The molecule has 3 aromatic carbocycles. The number of hydrogen-bond acceptors (Lipinski definition) is 5. The van der Waals surface area contributed by atoms with E-state index in [2.05, 4.69) is 0 Å². The lowest BCUT2D eigenvalue weighted by molar-refractivity contribution is -0.126. The molecule has 0 radical (unpaired) electrons. The lowest BCUT2D eigenvalue weighted by Gasteiger charge is -2.29. The number of carbonyl (C=O) groups excluding carboxylic acids is 2. The Kier molecular flexibility index (Phi) is 5.79. The number of amides is 2. The average Bonchev–Trinajstić information content (AvgIpc) is 3.35. The number of ether oxygens (including phenoxy) is 1. The Hall–Kier alpha value is -3.35. The van der Waals surface area contributed by atoms with Crippen LogP contribution in [0.1, 0.15) is 24.9 Å². The molecule has 2 fully saturated rings. The third kappa shape index (κ3) is 3.75. The van der Waals surface area contributed by atoms with Gasteiger partial charge in [-0.2, -0.15) is 0 Å². The number of hydroxylamine groups is 1. The number of fused-ring (bicyclic) bond motifs is 1. The maximum absolute atomic E-state index is 13.7. The summed E-state index contributed by atoms with van der Waals surface area (Å²) in [4.78, 5) is 34.4. The van der Waals surface area contributed by atoms with E-state index in [1.807, 2.05) is 55.5 Å². The van der Waals surface area contributed by atoms with Crippen LogP contribution in [-0.4, -0.2) is 24.5 Å². The molecule has 0 N–H and O–H groups in total. The second-order valence-corrected chi connectivity index (χ2v) is 8.44. The molecule has 2 saturated heterocycles. The second kappa shape index (κ2) is 8.89. The van der Waals surface area contributed by atoms with Crippen molar-refractivity contribution in [2.75, 3.05) is 16.6 Å². The minimum absolute atomic E-state index is 0.310. The van der Waals surface area contributed by atoms with Gasteiger partial charge in [-0.25, -0.2) is 9.96 Å². The smallest absolute Gasteiger partial charge is 0.266 e. The molecule has 7 heteroatoms. The molecule has 33 heavy (non-hydrogen) atoms. The Morgan fingerprint density at radius 2 is 1.58 bits per heavy atom. The van der Waals surface area contributed by atoms with Crippen LogP contribution in [0.4, 0.5) is 11.4 Å². The largest absolute Gasteiger partial charge is 0.494 e. The average molecular weight is 463 g/mol. The summed E-state index contributed by atoms with van der Waals surface area (Å²) in [6.07, 6.45) is -0.0395. The van der Waals surface area contributed by atoms with Crippen LogP contribution in [-0.2, 0) is 14.4 Å². The van der Waals surface area contributed by atoms with Crippen molar-refractivity contribution in [1.82, 2.24) is 0 Å². The molecule has 168 valence electrons. The predicted octanol–water partition coefficient (Wildman–Crippen LogP) is 5.18. The summed E-state index contributed by atoms with van der Waals surface area (Å²) in [5, 5.41) is 2.16. The van der Waals surface area contributed by atoms with Gasteiger partial charge in [0.1, 0.15) is 11.7 Å². The third-order valence-electron chi connectivity index (χ3n) is 5.92. The fraction of sp³-hybridized carbons (Fsp3) is 0.231. The van der Waals surface area contributed by atoms with E-state index in [1.165, 1.54) is 4.90 Å². The highest BCUT2D eigenvalue weighted by Crippen LogP contribution is 2.48. The van der Waals surface area contributed by atoms with Gasteiger partial charge in [-0.15, -0.1) is 0 Å². The van der Waals surface area contributed by atoms with Crippen LogP contribution < -0.4 is 14.7 Å². The van der Waals surface area contributed by atoms with Crippen LogP contribution in [0.15, 0.2) is 78.9 Å². The summed E-state index contributed by atoms with van der Waals surface area (Å²) in [5.74, 6) is -0.729. The Morgan fingerprint density at radius 1 is 0.879 bits per heavy atom. The van der Waals surface area contributed by atoms with Crippen LogP contribution in [0.2, 0.25) is 5.02 Å². The first kappa shape index (κ1) is 21.5. The van der Waals surface area contributed by atoms with Crippen molar-refractivity contribution >= 4 is 34.8 Å². The van der Waals surface area contributed by atoms with E-state index in [0.717, 1.165) is 17.7 Å². The molecule has 2 aliphatic heterocycles. The molecule has 0 spiro atoms. The van der Waals surface area contributed by atoms with Crippen molar-refractivity contribution in [1.29, 1.82) is 0 Å². The number of anilines is 2. The van der Waals surface area contributed by atoms with Crippen LogP contribution in [0, 0.1) is 5.92 Å². The topological polar surface area (TPSA) is 59.1 Å². The van der Waals surface area contributed by atoms with E-state index >= 15 is 0 Å². The van der Waals surface area contributed by atoms with Crippen LogP contribution in [0.5, 0.6) is 5.75 Å². The molecule has 6 nitrogen and oxygen atoms in total. The van der Waals surface area contributed by atoms with Crippen molar-refractivity contribution in [3.63, 3.8) is 0 Å². The fourth-order valence-corrected chi connectivity index (χ4v) is 4.66. The van der Waals surface area contributed by atoms with Gasteiger partial charge in [0.25, 0.3) is 5.91 Å². The standard InChI is InChI=1S/C26H23ClN2O4/c1-2-16-32-19-14-12-17(13-15-19)28-25(30)22-23(20-10-6-7-11-21(20)27)29(33-24(22)26(28)31)18-8-4-3-5-9-18/h3-15,22-24H,2,16H2,1H3/t22-,23-,24-/m0/s1. The summed E-state index contributed by atoms with van der Waals surface area (Å²) in [5.41, 5.74) is 1.99. The Labute approximate surface area is 197 Å². The predicted molar refractivity (Wildman–Crippen MR) is 126 cm³/mol. The lowest BCUT2D eigenvalue weighted by Crippen LogP contribution is -2.37. The zero-order valence-corrected chi connectivity index (χ0v) is 18.8. The number of carbonyl (C=O) groups is 2. The normalized spacial score (nSPS) is 22.1. The lowest BCUT2D eigenvalue weighted by atomic mass is 9.90. The second-order valence-electron chi connectivity index (χ2n) is 8.03. The van der Waals surface area contributed by atoms with E-state index in [0.29, 0.717) is 23.1 Å². The molecule has 0 aliphatic carbocycles. The summed E-state index contributed by atoms with van der Waals surface area (Å²) in [7, 11) is 0. The van der Waals surface area contributed by atoms with E-state index in [4.69, 9.17) is 21.2 Å². The Bertz CT molecular complexity index is 1170. The minimum Gasteiger partial charge on any atom is -0.494 e. The van der Waals surface area contributed by atoms with Gasteiger partial charge in [0.15, 0.2) is 6.10 Å². The quantitative estimate of drug-likeness (QED) is 0.472. The fourth-order valence-electron chi connectivity index (χ4n) is 4.41. The van der Waals surface area contributed by atoms with Crippen molar-refractivity contribution in [2.45, 2.75) is 25.5 Å². The number of halogens is 1. The van der Waals surface area contributed by atoms with Gasteiger partial charge < -0.3 is 4.74 Å². The van der Waals surface area contributed by atoms with E-state index in [-0.39, 0.29) is 11.8 Å². The molecule has 2 aliphatic rings. The maximum atomic E-state index is 13.7. The number of rotatable bonds is 6.